The van der Waals surface area contributed by atoms with Crippen LogP contribution in [0.4, 0.5) is 5.69 Å². The molecule has 116 valence electrons. The zero-order valence-electron chi connectivity index (χ0n) is 12.7. The van der Waals surface area contributed by atoms with E-state index in [1.807, 2.05) is 25.1 Å². The molecule has 1 amide bonds. The van der Waals surface area contributed by atoms with E-state index < -0.39 is 0 Å². The monoisotopic (exact) mass is 317 g/mol. The van der Waals surface area contributed by atoms with Crippen molar-refractivity contribution in [2.45, 2.75) is 26.3 Å². The summed E-state index contributed by atoms with van der Waals surface area (Å²) in [7, 11) is 1.60. The molecular weight excluding hydrogens is 298 g/mol. The zero-order chi connectivity index (χ0) is 15.5. The number of carbonyl (C=O) groups excluding carboxylic acids is 1. The highest BCUT2D eigenvalue weighted by molar-refractivity contribution is 7.11. The van der Waals surface area contributed by atoms with E-state index >= 15 is 0 Å². The van der Waals surface area contributed by atoms with Crippen molar-refractivity contribution in [3.8, 4) is 5.75 Å². The summed E-state index contributed by atoms with van der Waals surface area (Å²) < 4.78 is 5.28. The van der Waals surface area contributed by atoms with Gasteiger partial charge in [-0.15, -0.1) is 11.3 Å². The highest BCUT2D eigenvalue weighted by Gasteiger charge is 2.17. The second kappa shape index (κ2) is 6.46. The average Bonchev–Trinajstić information content (AvgIpc) is 2.89. The molecule has 0 radical (unpaired) electrons. The molecule has 0 saturated heterocycles. The molecule has 1 aliphatic heterocycles. The number of hydrogen-bond donors (Lipinski definition) is 2. The number of fused-ring (bicyclic) bond motifs is 1. The first-order valence-corrected chi connectivity index (χ1v) is 8.10. The van der Waals surface area contributed by atoms with Crippen LogP contribution in [0.15, 0.2) is 18.2 Å². The number of aromatic nitrogens is 1. The Kier molecular flexibility index (Phi) is 4.40. The number of rotatable bonds is 4. The van der Waals surface area contributed by atoms with Gasteiger partial charge in [-0.05, 0) is 24.6 Å². The van der Waals surface area contributed by atoms with Gasteiger partial charge in [-0.2, -0.15) is 0 Å². The molecule has 0 fully saturated rings. The lowest BCUT2D eigenvalue weighted by atomic mass is 10.2. The fourth-order valence-corrected chi connectivity index (χ4v) is 3.59. The highest BCUT2D eigenvalue weighted by atomic mass is 32.1. The molecule has 1 aromatic heterocycles. The Morgan fingerprint density at radius 3 is 3.14 bits per heavy atom. The van der Waals surface area contributed by atoms with E-state index in [4.69, 9.17) is 4.74 Å². The topological polar surface area (TPSA) is 63.2 Å². The Bertz CT molecular complexity index is 673. The summed E-state index contributed by atoms with van der Waals surface area (Å²) in [6.07, 6.45) is 1.24. The van der Waals surface area contributed by atoms with Crippen molar-refractivity contribution in [1.82, 2.24) is 10.3 Å². The van der Waals surface area contributed by atoms with Gasteiger partial charge in [0.2, 0.25) is 5.91 Å². The first kappa shape index (κ1) is 15.0. The lowest BCUT2D eigenvalue weighted by molar-refractivity contribution is -0.115. The van der Waals surface area contributed by atoms with Gasteiger partial charge in [0.05, 0.1) is 24.9 Å². The first-order chi connectivity index (χ1) is 10.7. The molecule has 2 heterocycles. The number of anilines is 1. The van der Waals surface area contributed by atoms with E-state index in [1.165, 1.54) is 4.88 Å². The fraction of sp³-hybridized carbons (Fsp3) is 0.375. The molecule has 1 aromatic carbocycles. The number of ether oxygens (including phenoxy) is 1. The van der Waals surface area contributed by atoms with Gasteiger partial charge in [0, 0.05) is 24.4 Å². The molecule has 22 heavy (non-hydrogen) atoms. The molecule has 0 saturated carbocycles. The van der Waals surface area contributed by atoms with Gasteiger partial charge >= 0.3 is 0 Å². The Morgan fingerprint density at radius 2 is 2.36 bits per heavy atom. The second-order valence-electron chi connectivity index (χ2n) is 5.33. The molecule has 2 aromatic rings. The van der Waals surface area contributed by atoms with Gasteiger partial charge in [-0.3, -0.25) is 4.79 Å². The minimum atomic E-state index is -0.0667. The predicted molar refractivity (Wildman–Crippen MR) is 87.6 cm³/mol. The van der Waals surface area contributed by atoms with E-state index in [-0.39, 0.29) is 5.91 Å². The fourth-order valence-electron chi connectivity index (χ4n) is 2.51. The molecule has 1 aliphatic rings. The van der Waals surface area contributed by atoms with Crippen molar-refractivity contribution >= 4 is 22.9 Å². The van der Waals surface area contributed by atoms with Crippen molar-refractivity contribution in [2.75, 3.05) is 19.0 Å². The first-order valence-electron chi connectivity index (χ1n) is 7.28. The molecule has 0 aliphatic carbocycles. The Balaban J connectivity index is 1.70. The molecule has 6 heteroatoms. The number of nitrogens with one attached hydrogen (secondary N) is 2. The zero-order valence-corrected chi connectivity index (χ0v) is 13.5. The molecule has 0 unspecified atom stereocenters. The number of thiazole rings is 1. The predicted octanol–water partition coefficient (Wildman–Crippen LogP) is 2.29. The Hall–Kier alpha value is -1.92. The van der Waals surface area contributed by atoms with Gasteiger partial charge in [-0.1, -0.05) is 6.07 Å². The molecule has 3 rings (SSSR count). The third-order valence-corrected chi connectivity index (χ3v) is 4.69. The minimum Gasteiger partial charge on any atom is -0.495 e. The van der Waals surface area contributed by atoms with Gasteiger partial charge in [-0.25, -0.2) is 4.98 Å². The van der Waals surface area contributed by atoms with E-state index in [9.17, 15) is 4.79 Å². The van der Waals surface area contributed by atoms with E-state index in [0.717, 1.165) is 35.8 Å². The van der Waals surface area contributed by atoms with Crippen LogP contribution in [0.3, 0.4) is 0 Å². The normalized spacial score (nSPS) is 13.5. The van der Waals surface area contributed by atoms with Crippen molar-refractivity contribution in [3.63, 3.8) is 0 Å². The van der Waals surface area contributed by atoms with Crippen LogP contribution in [0.5, 0.6) is 5.75 Å². The highest BCUT2D eigenvalue weighted by Crippen LogP contribution is 2.26. The maximum absolute atomic E-state index is 12.3. The third kappa shape index (κ3) is 3.28. The summed E-state index contributed by atoms with van der Waals surface area (Å²) >= 11 is 1.62. The Morgan fingerprint density at radius 1 is 1.50 bits per heavy atom. The van der Waals surface area contributed by atoms with Gasteiger partial charge in [0.15, 0.2) is 0 Å². The van der Waals surface area contributed by atoms with Crippen molar-refractivity contribution in [3.05, 3.63) is 39.3 Å². The van der Waals surface area contributed by atoms with Gasteiger partial charge in [0.25, 0.3) is 0 Å². The summed E-state index contributed by atoms with van der Waals surface area (Å²) in [5, 5.41) is 7.11. The minimum absolute atomic E-state index is 0.0667. The summed E-state index contributed by atoms with van der Waals surface area (Å²) in [4.78, 5) is 18.1. The van der Waals surface area contributed by atoms with E-state index in [2.05, 4.69) is 15.6 Å². The Labute approximate surface area is 133 Å². The van der Waals surface area contributed by atoms with Crippen LogP contribution in [-0.4, -0.2) is 24.5 Å². The number of hydrogen-bond acceptors (Lipinski definition) is 5. The number of nitrogens with zero attached hydrogens (tertiary/aromatic N) is 1. The number of aryl methyl sites for hydroxylation is 1. The summed E-state index contributed by atoms with van der Waals surface area (Å²) in [5.41, 5.74) is 2.92. The van der Waals surface area contributed by atoms with Crippen LogP contribution >= 0.6 is 11.3 Å². The van der Waals surface area contributed by atoms with Crippen molar-refractivity contribution < 1.29 is 9.53 Å². The van der Waals surface area contributed by atoms with Crippen LogP contribution in [-0.2, 0) is 24.2 Å². The molecule has 0 spiro atoms. The molecular formula is C16H19N3O2S. The maximum Gasteiger partial charge on any atom is 0.231 e. The smallest absolute Gasteiger partial charge is 0.231 e. The van der Waals surface area contributed by atoms with Crippen LogP contribution in [0, 0.1) is 6.92 Å². The molecule has 0 bridgehead atoms. The summed E-state index contributed by atoms with van der Waals surface area (Å²) in [5.74, 6) is 0.601. The second-order valence-corrected chi connectivity index (χ2v) is 6.50. The molecule has 0 atom stereocenters. The SMILES string of the molecule is COc1ccc(C)cc1NC(=O)Cc1nc2c(s1)CNCC2. The van der Waals surface area contributed by atoms with E-state index in [0.29, 0.717) is 17.9 Å². The lowest BCUT2D eigenvalue weighted by Gasteiger charge is -2.10. The number of amides is 1. The standard InChI is InChI=1S/C16H19N3O2S/c1-10-3-4-13(21-2)12(7-10)18-15(20)8-16-19-11-5-6-17-9-14(11)22-16/h3-4,7,17H,5-6,8-9H2,1-2H3,(H,18,20). The van der Waals surface area contributed by atoms with Crippen LogP contribution in [0.25, 0.3) is 0 Å². The van der Waals surface area contributed by atoms with E-state index in [1.54, 1.807) is 18.4 Å². The number of benzene rings is 1. The maximum atomic E-state index is 12.3. The lowest BCUT2D eigenvalue weighted by Crippen LogP contribution is -2.22. The summed E-state index contributed by atoms with van der Waals surface area (Å²) in [6, 6.07) is 5.72. The van der Waals surface area contributed by atoms with Crippen molar-refractivity contribution in [1.29, 1.82) is 0 Å². The van der Waals surface area contributed by atoms with Gasteiger partial charge in [0.1, 0.15) is 10.8 Å². The van der Waals surface area contributed by atoms with Crippen LogP contribution in [0.2, 0.25) is 0 Å². The summed E-state index contributed by atoms with van der Waals surface area (Å²) in [6.45, 7) is 3.81. The quantitative estimate of drug-likeness (QED) is 0.908. The molecule has 2 N–H and O–H groups in total. The molecule has 5 nitrogen and oxygen atoms in total. The third-order valence-electron chi connectivity index (χ3n) is 3.59. The van der Waals surface area contributed by atoms with Crippen LogP contribution in [0.1, 0.15) is 21.1 Å². The van der Waals surface area contributed by atoms with Crippen LogP contribution < -0.4 is 15.4 Å². The number of carbonyl (C=O) groups is 1. The average molecular weight is 317 g/mol. The van der Waals surface area contributed by atoms with Gasteiger partial charge < -0.3 is 15.4 Å². The number of methoxy groups -OCH3 is 1. The van der Waals surface area contributed by atoms with Crippen molar-refractivity contribution in [2.24, 2.45) is 0 Å². The largest absolute Gasteiger partial charge is 0.495 e.